The van der Waals surface area contributed by atoms with Gasteiger partial charge in [-0.2, -0.15) is 0 Å². The molecule has 0 unspecified atom stereocenters. The van der Waals surface area contributed by atoms with E-state index in [0.717, 1.165) is 34.4 Å². The Kier molecular flexibility index (Phi) is 6.14. The lowest BCUT2D eigenvalue weighted by Gasteiger charge is -2.29. The van der Waals surface area contributed by atoms with Crippen molar-refractivity contribution in [2.75, 3.05) is 6.54 Å². The average Bonchev–Trinajstić information content (AvgIpc) is 2.40. The number of halogens is 2. The van der Waals surface area contributed by atoms with Gasteiger partial charge in [0, 0.05) is 15.5 Å². The van der Waals surface area contributed by atoms with Crippen molar-refractivity contribution in [3.8, 4) is 0 Å². The van der Waals surface area contributed by atoms with Crippen molar-refractivity contribution in [2.45, 2.75) is 51.4 Å². The first-order valence-electron chi connectivity index (χ1n) is 6.98. The zero-order valence-corrected chi connectivity index (χ0v) is 13.6. The maximum atomic E-state index is 6.19. The summed E-state index contributed by atoms with van der Waals surface area (Å²) in [5, 5.41) is 4.29. The molecule has 1 aromatic rings. The minimum atomic E-state index is 0.384. The van der Waals surface area contributed by atoms with Gasteiger partial charge in [0.15, 0.2) is 0 Å². The van der Waals surface area contributed by atoms with Gasteiger partial charge in [0.05, 0.1) is 12.7 Å². The van der Waals surface area contributed by atoms with Gasteiger partial charge in [0.25, 0.3) is 0 Å². The van der Waals surface area contributed by atoms with Crippen molar-refractivity contribution in [1.82, 2.24) is 5.32 Å². The van der Waals surface area contributed by atoms with Crippen LogP contribution in [0.1, 0.15) is 38.2 Å². The van der Waals surface area contributed by atoms with Gasteiger partial charge in [0.1, 0.15) is 0 Å². The fourth-order valence-corrected chi connectivity index (χ4v) is 3.30. The van der Waals surface area contributed by atoms with Crippen molar-refractivity contribution >= 4 is 27.5 Å². The molecule has 19 heavy (non-hydrogen) atoms. The summed E-state index contributed by atoms with van der Waals surface area (Å²) in [4.78, 5) is 0. The number of hydrogen-bond acceptors (Lipinski definition) is 2. The van der Waals surface area contributed by atoms with Crippen LogP contribution in [0.2, 0.25) is 5.02 Å². The zero-order valence-electron chi connectivity index (χ0n) is 11.3. The van der Waals surface area contributed by atoms with Gasteiger partial charge in [-0.15, -0.1) is 0 Å². The molecule has 0 aliphatic heterocycles. The lowest BCUT2D eigenvalue weighted by molar-refractivity contribution is 0.0115. The van der Waals surface area contributed by atoms with Crippen LogP contribution in [0, 0.1) is 0 Å². The maximum Gasteiger partial charge on any atom is 0.0735 e. The van der Waals surface area contributed by atoms with Crippen molar-refractivity contribution < 1.29 is 4.74 Å². The summed E-state index contributed by atoms with van der Waals surface area (Å²) in [6, 6.07) is 6.63. The molecule has 106 valence electrons. The molecule has 2 rings (SSSR count). The maximum absolute atomic E-state index is 6.19. The van der Waals surface area contributed by atoms with E-state index in [1.54, 1.807) is 0 Å². The smallest absolute Gasteiger partial charge is 0.0735 e. The number of hydrogen-bond donors (Lipinski definition) is 1. The average molecular weight is 347 g/mol. The predicted octanol–water partition coefficient (Wildman–Crippen LogP) is 4.54. The summed E-state index contributed by atoms with van der Waals surface area (Å²) >= 11 is 9.60. The minimum Gasteiger partial charge on any atom is -0.373 e. The van der Waals surface area contributed by atoms with Crippen LogP contribution in [-0.2, 0) is 11.3 Å². The monoisotopic (exact) mass is 345 g/mol. The Morgan fingerprint density at radius 3 is 2.68 bits per heavy atom. The molecule has 0 radical (unpaired) electrons. The minimum absolute atomic E-state index is 0.384. The van der Waals surface area contributed by atoms with Crippen molar-refractivity contribution in [3.05, 3.63) is 33.3 Å². The van der Waals surface area contributed by atoms with Gasteiger partial charge in [-0.3, -0.25) is 0 Å². The SMILES string of the molecule is CCNC1CCC(OCc2ccc(Br)cc2Cl)CC1. The Morgan fingerprint density at radius 2 is 2.05 bits per heavy atom. The van der Waals surface area contributed by atoms with E-state index >= 15 is 0 Å². The van der Waals surface area contributed by atoms with E-state index in [1.807, 2.05) is 18.2 Å². The normalized spacial score (nSPS) is 23.5. The molecule has 0 atom stereocenters. The van der Waals surface area contributed by atoms with Crippen molar-refractivity contribution in [3.63, 3.8) is 0 Å². The molecule has 1 aromatic carbocycles. The standard InChI is InChI=1S/C15H21BrClNO/c1-2-18-13-5-7-14(8-6-13)19-10-11-3-4-12(16)9-15(11)17/h3-4,9,13-14,18H,2,5-8,10H2,1H3. The van der Waals surface area contributed by atoms with Crippen LogP contribution < -0.4 is 5.32 Å². The van der Waals surface area contributed by atoms with Crippen LogP contribution in [0.25, 0.3) is 0 Å². The van der Waals surface area contributed by atoms with Crippen LogP contribution >= 0.6 is 27.5 Å². The second-order valence-corrected chi connectivity index (χ2v) is 6.40. The highest BCUT2D eigenvalue weighted by Crippen LogP contribution is 2.25. The van der Waals surface area contributed by atoms with E-state index < -0.39 is 0 Å². The first-order chi connectivity index (χ1) is 9.19. The Balaban J connectivity index is 1.77. The molecule has 4 heteroatoms. The van der Waals surface area contributed by atoms with Gasteiger partial charge in [-0.25, -0.2) is 0 Å². The van der Waals surface area contributed by atoms with Gasteiger partial charge in [-0.1, -0.05) is 40.5 Å². The third-order valence-corrected chi connectivity index (χ3v) is 4.50. The van der Waals surface area contributed by atoms with Crippen molar-refractivity contribution in [2.24, 2.45) is 0 Å². The third-order valence-electron chi connectivity index (χ3n) is 3.66. The summed E-state index contributed by atoms with van der Waals surface area (Å²) < 4.78 is 7.00. The topological polar surface area (TPSA) is 21.3 Å². The second-order valence-electron chi connectivity index (χ2n) is 5.08. The van der Waals surface area contributed by atoms with Gasteiger partial charge < -0.3 is 10.1 Å². The number of ether oxygens (including phenoxy) is 1. The highest BCUT2D eigenvalue weighted by Gasteiger charge is 2.20. The zero-order chi connectivity index (χ0) is 13.7. The molecule has 1 aliphatic rings. The molecule has 0 spiro atoms. The van der Waals surface area contributed by atoms with E-state index in [-0.39, 0.29) is 0 Å². The van der Waals surface area contributed by atoms with Gasteiger partial charge in [-0.05, 0) is 49.9 Å². The first kappa shape index (κ1) is 15.3. The summed E-state index contributed by atoms with van der Waals surface area (Å²) in [5.74, 6) is 0. The molecule has 1 aliphatic carbocycles. The summed E-state index contributed by atoms with van der Waals surface area (Å²) in [6.45, 7) is 3.84. The second kappa shape index (κ2) is 7.63. The molecule has 1 fully saturated rings. The Morgan fingerprint density at radius 1 is 1.32 bits per heavy atom. The predicted molar refractivity (Wildman–Crippen MR) is 83.7 cm³/mol. The molecule has 0 aromatic heterocycles. The van der Waals surface area contributed by atoms with Crippen LogP contribution in [-0.4, -0.2) is 18.7 Å². The number of benzene rings is 1. The van der Waals surface area contributed by atoms with Crippen LogP contribution in [0.15, 0.2) is 22.7 Å². The molecule has 0 heterocycles. The molecular weight excluding hydrogens is 326 g/mol. The van der Waals surface area contributed by atoms with Gasteiger partial charge >= 0.3 is 0 Å². The quantitative estimate of drug-likeness (QED) is 0.845. The molecule has 1 saturated carbocycles. The van der Waals surface area contributed by atoms with E-state index in [9.17, 15) is 0 Å². The molecule has 0 amide bonds. The third kappa shape index (κ3) is 4.75. The molecule has 0 bridgehead atoms. The van der Waals surface area contributed by atoms with Gasteiger partial charge in [0.2, 0.25) is 0 Å². The molecule has 2 nitrogen and oxygen atoms in total. The molecular formula is C15H21BrClNO. The molecule has 0 saturated heterocycles. The lowest BCUT2D eigenvalue weighted by Crippen LogP contribution is -2.35. The van der Waals surface area contributed by atoms with E-state index in [1.165, 1.54) is 12.8 Å². The fourth-order valence-electron chi connectivity index (χ4n) is 2.57. The number of rotatable bonds is 5. The van der Waals surface area contributed by atoms with E-state index in [4.69, 9.17) is 16.3 Å². The van der Waals surface area contributed by atoms with E-state index in [2.05, 4.69) is 28.2 Å². The van der Waals surface area contributed by atoms with E-state index in [0.29, 0.717) is 18.8 Å². The van der Waals surface area contributed by atoms with Crippen LogP contribution in [0.4, 0.5) is 0 Å². The highest BCUT2D eigenvalue weighted by molar-refractivity contribution is 9.10. The Hall–Kier alpha value is -0.0900. The van der Waals surface area contributed by atoms with Crippen LogP contribution in [0.3, 0.4) is 0 Å². The fraction of sp³-hybridized carbons (Fsp3) is 0.600. The Labute approximate surface area is 129 Å². The molecule has 1 N–H and O–H groups in total. The summed E-state index contributed by atoms with van der Waals surface area (Å²) in [6.07, 6.45) is 5.10. The summed E-state index contributed by atoms with van der Waals surface area (Å²) in [5.41, 5.74) is 1.07. The lowest BCUT2D eigenvalue weighted by atomic mass is 9.93. The first-order valence-corrected chi connectivity index (χ1v) is 8.15. The number of nitrogens with one attached hydrogen (secondary N) is 1. The van der Waals surface area contributed by atoms with Crippen LogP contribution in [0.5, 0.6) is 0 Å². The largest absolute Gasteiger partial charge is 0.373 e. The van der Waals surface area contributed by atoms with Crippen molar-refractivity contribution in [1.29, 1.82) is 0 Å². The summed E-state index contributed by atoms with van der Waals surface area (Å²) in [7, 11) is 0. The Bertz CT molecular complexity index is 405. The highest BCUT2D eigenvalue weighted by atomic mass is 79.9.